The molecule has 1 aromatic carbocycles. The fraction of sp³-hybridized carbons (Fsp3) is 0.588. The molecule has 1 N–H and O–H groups in total. The first-order valence-corrected chi connectivity index (χ1v) is 8.04. The fourth-order valence-corrected chi connectivity index (χ4v) is 3.44. The Morgan fingerprint density at radius 1 is 1.29 bits per heavy atom. The van der Waals surface area contributed by atoms with Crippen LogP contribution in [0.3, 0.4) is 0 Å². The first kappa shape index (κ1) is 17.2. The van der Waals surface area contributed by atoms with Crippen molar-refractivity contribution in [2.45, 2.75) is 44.2 Å². The number of aliphatic hydroxyl groups is 1. The summed E-state index contributed by atoms with van der Waals surface area (Å²) in [6.45, 7) is 2.64. The minimum absolute atomic E-state index is 0.100. The molecule has 3 rings (SSSR count). The summed E-state index contributed by atoms with van der Waals surface area (Å²) in [7, 11) is 0. The largest absolute Gasteiger partial charge is 0.416 e. The number of rotatable bonds is 2. The number of hydrogen-bond donors (Lipinski definition) is 1. The van der Waals surface area contributed by atoms with Crippen molar-refractivity contribution in [2.24, 2.45) is 5.92 Å². The first-order chi connectivity index (χ1) is 11.3. The van der Waals surface area contributed by atoms with E-state index >= 15 is 0 Å². The summed E-state index contributed by atoms with van der Waals surface area (Å²) in [5.41, 5.74) is -0.131. The van der Waals surface area contributed by atoms with Crippen LogP contribution in [0.25, 0.3) is 0 Å². The van der Waals surface area contributed by atoms with Gasteiger partial charge in [0.25, 0.3) is 5.91 Å². The van der Waals surface area contributed by atoms with Gasteiger partial charge >= 0.3 is 6.18 Å². The monoisotopic (exact) mass is 343 g/mol. The summed E-state index contributed by atoms with van der Waals surface area (Å²) in [6.07, 6.45) is -4.49. The van der Waals surface area contributed by atoms with E-state index < -0.39 is 30.0 Å². The van der Waals surface area contributed by atoms with Crippen molar-refractivity contribution in [1.82, 2.24) is 4.90 Å². The molecule has 2 aliphatic rings. The smallest absolute Gasteiger partial charge is 0.391 e. The lowest BCUT2D eigenvalue weighted by atomic mass is 9.99. The maximum absolute atomic E-state index is 12.7. The summed E-state index contributed by atoms with van der Waals surface area (Å²) < 4.78 is 43.6. The quantitative estimate of drug-likeness (QED) is 0.898. The van der Waals surface area contributed by atoms with Crippen LogP contribution >= 0.6 is 0 Å². The maximum atomic E-state index is 12.7. The summed E-state index contributed by atoms with van der Waals surface area (Å²) in [6, 6.07) is 4.36. The van der Waals surface area contributed by atoms with Gasteiger partial charge < -0.3 is 14.7 Å². The summed E-state index contributed by atoms with van der Waals surface area (Å²) >= 11 is 0. The standard InChI is InChI=1S/C17H20F3NO3/c1-10-6-7-24-15(10)16(23)21-9-13(22)8-14(21)11-2-4-12(5-3-11)17(18,19)20/h2-5,10,13-15,22H,6-9H2,1H3. The zero-order valence-corrected chi connectivity index (χ0v) is 13.3. The number of aliphatic hydroxyl groups excluding tert-OH is 1. The van der Waals surface area contributed by atoms with Crippen LogP contribution in [0, 0.1) is 5.92 Å². The normalized spacial score (nSPS) is 30.8. The van der Waals surface area contributed by atoms with Gasteiger partial charge in [0.1, 0.15) is 6.10 Å². The Kier molecular flexibility index (Phi) is 4.57. The van der Waals surface area contributed by atoms with Gasteiger partial charge in [0.15, 0.2) is 0 Å². The molecule has 0 aliphatic carbocycles. The zero-order valence-electron chi connectivity index (χ0n) is 13.3. The Labute approximate surface area is 138 Å². The molecule has 0 spiro atoms. The number of hydrogen-bond acceptors (Lipinski definition) is 3. The zero-order chi connectivity index (χ0) is 17.5. The van der Waals surface area contributed by atoms with E-state index in [2.05, 4.69) is 0 Å². The van der Waals surface area contributed by atoms with Crippen LogP contribution in [-0.2, 0) is 15.7 Å². The molecule has 4 unspecified atom stereocenters. The molecule has 4 atom stereocenters. The Bertz CT molecular complexity index is 602. The third kappa shape index (κ3) is 3.28. The molecule has 0 bridgehead atoms. The van der Waals surface area contributed by atoms with Crippen LogP contribution in [0.1, 0.15) is 36.9 Å². The van der Waals surface area contributed by atoms with Gasteiger partial charge in [-0.2, -0.15) is 13.2 Å². The molecule has 0 aromatic heterocycles. The van der Waals surface area contributed by atoms with Crippen molar-refractivity contribution in [3.8, 4) is 0 Å². The van der Waals surface area contributed by atoms with E-state index in [1.165, 1.54) is 12.1 Å². The van der Waals surface area contributed by atoms with Gasteiger partial charge in [-0.15, -0.1) is 0 Å². The Morgan fingerprint density at radius 2 is 1.96 bits per heavy atom. The average molecular weight is 343 g/mol. The Balaban J connectivity index is 1.81. The van der Waals surface area contributed by atoms with Crippen molar-refractivity contribution in [3.63, 3.8) is 0 Å². The molecule has 2 saturated heterocycles. The van der Waals surface area contributed by atoms with Gasteiger partial charge in [0.05, 0.1) is 17.7 Å². The average Bonchev–Trinajstić information content (AvgIpc) is 3.12. The van der Waals surface area contributed by atoms with Crippen LogP contribution in [0.15, 0.2) is 24.3 Å². The lowest BCUT2D eigenvalue weighted by Gasteiger charge is -2.28. The highest BCUT2D eigenvalue weighted by Crippen LogP contribution is 2.36. The van der Waals surface area contributed by atoms with E-state index in [-0.39, 0.29) is 18.4 Å². The van der Waals surface area contributed by atoms with Crippen LogP contribution < -0.4 is 0 Å². The van der Waals surface area contributed by atoms with Crippen molar-refractivity contribution < 1.29 is 27.8 Å². The topological polar surface area (TPSA) is 49.8 Å². The second kappa shape index (κ2) is 6.37. The summed E-state index contributed by atoms with van der Waals surface area (Å²) in [4.78, 5) is 14.3. The Hall–Kier alpha value is -1.60. The highest BCUT2D eigenvalue weighted by Gasteiger charge is 2.42. The summed E-state index contributed by atoms with van der Waals surface area (Å²) in [5, 5.41) is 9.96. The predicted octanol–water partition coefficient (Wildman–Crippen LogP) is 2.76. The molecule has 4 nitrogen and oxygen atoms in total. The van der Waals surface area contributed by atoms with E-state index in [1.807, 2.05) is 6.92 Å². The fourth-order valence-electron chi connectivity index (χ4n) is 3.44. The van der Waals surface area contributed by atoms with Crippen LogP contribution in [0.2, 0.25) is 0 Å². The van der Waals surface area contributed by atoms with Crippen molar-refractivity contribution in [2.75, 3.05) is 13.2 Å². The van der Waals surface area contributed by atoms with E-state index in [1.54, 1.807) is 4.90 Å². The second-order valence-corrected chi connectivity index (χ2v) is 6.57. The van der Waals surface area contributed by atoms with Gasteiger partial charge in [0, 0.05) is 13.2 Å². The highest BCUT2D eigenvalue weighted by molar-refractivity contribution is 5.82. The minimum atomic E-state index is -4.39. The third-order valence-corrected chi connectivity index (χ3v) is 4.82. The molecule has 2 aliphatic heterocycles. The molecule has 24 heavy (non-hydrogen) atoms. The van der Waals surface area contributed by atoms with E-state index in [9.17, 15) is 23.1 Å². The lowest BCUT2D eigenvalue weighted by Crippen LogP contribution is -2.41. The molecule has 1 amide bonds. The van der Waals surface area contributed by atoms with Crippen molar-refractivity contribution in [1.29, 1.82) is 0 Å². The number of ether oxygens (including phenoxy) is 1. The van der Waals surface area contributed by atoms with Crippen LogP contribution in [-0.4, -0.2) is 41.3 Å². The molecule has 0 saturated carbocycles. The number of nitrogens with zero attached hydrogens (tertiary/aromatic N) is 1. The summed E-state index contributed by atoms with van der Waals surface area (Å²) in [5.74, 6) is -0.0926. The maximum Gasteiger partial charge on any atom is 0.416 e. The number of benzene rings is 1. The highest BCUT2D eigenvalue weighted by atomic mass is 19.4. The molecule has 2 heterocycles. The number of carbonyl (C=O) groups is 1. The van der Waals surface area contributed by atoms with E-state index in [0.29, 0.717) is 18.6 Å². The lowest BCUT2D eigenvalue weighted by molar-refractivity contribution is -0.144. The molecular weight excluding hydrogens is 323 g/mol. The molecule has 7 heteroatoms. The molecule has 1 aromatic rings. The van der Waals surface area contributed by atoms with Crippen molar-refractivity contribution in [3.05, 3.63) is 35.4 Å². The first-order valence-electron chi connectivity index (χ1n) is 8.04. The number of halogens is 3. The van der Waals surface area contributed by atoms with Crippen LogP contribution in [0.5, 0.6) is 0 Å². The molecule has 2 fully saturated rings. The van der Waals surface area contributed by atoms with Crippen LogP contribution in [0.4, 0.5) is 13.2 Å². The SMILES string of the molecule is CC1CCOC1C(=O)N1CC(O)CC1c1ccc(C(F)(F)F)cc1. The van der Waals surface area contributed by atoms with Gasteiger partial charge in [-0.3, -0.25) is 4.79 Å². The number of alkyl halides is 3. The second-order valence-electron chi connectivity index (χ2n) is 6.57. The van der Waals surface area contributed by atoms with Gasteiger partial charge in [0.2, 0.25) is 0 Å². The number of β-amino-alcohol motifs (C(OH)–C–C–N with tert-alkyl or cyclic N) is 1. The number of carbonyl (C=O) groups excluding carboxylic acids is 1. The third-order valence-electron chi connectivity index (χ3n) is 4.82. The van der Waals surface area contributed by atoms with Gasteiger partial charge in [-0.25, -0.2) is 0 Å². The van der Waals surface area contributed by atoms with Gasteiger partial charge in [-0.05, 0) is 36.5 Å². The Morgan fingerprint density at radius 3 is 2.50 bits per heavy atom. The van der Waals surface area contributed by atoms with E-state index in [4.69, 9.17) is 4.74 Å². The van der Waals surface area contributed by atoms with Crippen molar-refractivity contribution >= 4 is 5.91 Å². The van der Waals surface area contributed by atoms with E-state index in [0.717, 1.165) is 18.6 Å². The molecular formula is C17H20F3NO3. The number of likely N-dealkylation sites (tertiary alicyclic amines) is 1. The number of amides is 1. The molecule has 0 radical (unpaired) electrons. The minimum Gasteiger partial charge on any atom is -0.391 e. The molecule has 132 valence electrons. The predicted molar refractivity (Wildman–Crippen MR) is 80.0 cm³/mol. The van der Waals surface area contributed by atoms with Gasteiger partial charge in [-0.1, -0.05) is 19.1 Å².